The minimum absolute atomic E-state index is 0.118. The Morgan fingerprint density at radius 2 is 2.04 bits per heavy atom. The maximum Gasteiger partial charge on any atom is 0.268 e. The van der Waals surface area contributed by atoms with Gasteiger partial charge in [-0.25, -0.2) is 22.4 Å². The fourth-order valence-electron chi connectivity index (χ4n) is 3.69. The van der Waals surface area contributed by atoms with Crippen LogP contribution in [-0.2, 0) is 16.4 Å². The summed E-state index contributed by atoms with van der Waals surface area (Å²) in [5, 5.41) is 3.67. The minimum atomic E-state index is -3.82. The monoisotopic (exact) mass is 402 g/mol. The van der Waals surface area contributed by atoms with E-state index in [-0.39, 0.29) is 10.9 Å². The topological polar surface area (TPSA) is 76.9 Å². The zero-order chi connectivity index (χ0) is 19.0. The number of hydrogen-bond donors (Lipinski definition) is 1. The van der Waals surface area contributed by atoms with Gasteiger partial charge in [-0.1, -0.05) is 17.7 Å². The van der Waals surface area contributed by atoms with Gasteiger partial charge in [-0.3, -0.25) is 0 Å². The average molecular weight is 403 g/mol. The molecular formula is C19H19ClN4O2S. The molecule has 1 aliphatic rings. The van der Waals surface area contributed by atoms with Crippen LogP contribution in [0.15, 0.2) is 54.1 Å². The van der Waals surface area contributed by atoms with Crippen molar-refractivity contribution in [1.29, 1.82) is 0 Å². The van der Waals surface area contributed by atoms with Crippen LogP contribution in [0.25, 0.3) is 11.3 Å². The molecule has 8 heteroatoms. The third kappa shape index (κ3) is 3.16. The summed E-state index contributed by atoms with van der Waals surface area (Å²) in [5.41, 5.74) is 3.35. The predicted octanol–water partition coefficient (Wildman–Crippen LogP) is 3.43. The molecule has 0 aliphatic heterocycles. The first-order valence-electron chi connectivity index (χ1n) is 8.70. The lowest BCUT2D eigenvalue weighted by Crippen LogP contribution is -2.20. The second kappa shape index (κ2) is 7.07. The second-order valence-electron chi connectivity index (χ2n) is 6.53. The van der Waals surface area contributed by atoms with Crippen LogP contribution in [0.3, 0.4) is 0 Å². The maximum absolute atomic E-state index is 13.4. The molecule has 1 unspecified atom stereocenters. The van der Waals surface area contributed by atoms with Crippen LogP contribution in [-0.4, -0.2) is 29.4 Å². The van der Waals surface area contributed by atoms with Crippen molar-refractivity contribution in [2.75, 3.05) is 7.05 Å². The normalized spacial score (nSPS) is 16.9. The van der Waals surface area contributed by atoms with Crippen molar-refractivity contribution in [2.45, 2.75) is 30.2 Å². The van der Waals surface area contributed by atoms with E-state index in [0.29, 0.717) is 16.3 Å². The summed E-state index contributed by atoms with van der Waals surface area (Å²) in [6.07, 6.45) is 9.23. The Morgan fingerprint density at radius 1 is 1.26 bits per heavy atom. The summed E-state index contributed by atoms with van der Waals surface area (Å²) in [6.45, 7) is 0. The molecule has 0 bridgehead atoms. The molecule has 6 nitrogen and oxygen atoms in total. The van der Waals surface area contributed by atoms with E-state index in [4.69, 9.17) is 11.6 Å². The molecule has 1 aliphatic carbocycles. The Hall–Kier alpha value is -2.22. The third-order valence-corrected chi connectivity index (χ3v) is 6.83. The van der Waals surface area contributed by atoms with Crippen LogP contribution in [0, 0.1) is 0 Å². The zero-order valence-electron chi connectivity index (χ0n) is 14.8. The van der Waals surface area contributed by atoms with Gasteiger partial charge in [0, 0.05) is 35.2 Å². The standard InChI is InChI=1S/C19H19ClN4O2S/c1-21-18-7-3-6-16-17(18)11-24(19(16)13-9-22-12-23-10-13)27(25,26)15-5-2-4-14(20)8-15/h2,4-5,8-12,18,21H,3,6-7H2,1H3. The molecule has 0 fully saturated rings. The summed E-state index contributed by atoms with van der Waals surface area (Å²) >= 11 is 6.04. The van der Waals surface area contributed by atoms with E-state index in [1.54, 1.807) is 36.8 Å². The summed E-state index contributed by atoms with van der Waals surface area (Å²) in [6, 6.07) is 6.44. The molecule has 27 heavy (non-hydrogen) atoms. The summed E-state index contributed by atoms with van der Waals surface area (Å²) in [7, 11) is -1.92. The lowest BCUT2D eigenvalue weighted by Gasteiger charge is -2.22. The van der Waals surface area contributed by atoms with Crippen LogP contribution in [0.1, 0.15) is 30.0 Å². The second-order valence-corrected chi connectivity index (χ2v) is 8.78. The van der Waals surface area contributed by atoms with Gasteiger partial charge in [-0.15, -0.1) is 0 Å². The Labute approximate surface area is 163 Å². The van der Waals surface area contributed by atoms with Gasteiger partial charge < -0.3 is 5.32 Å². The molecule has 140 valence electrons. The lowest BCUT2D eigenvalue weighted by atomic mass is 9.89. The zero-order valence-corrected chi connectivity index (χ0v) is 16.3. The highest BCUT2D eigenvalue weighted by molar-refractivity contribution is 7.90. The van der Waals surface area contributed by atoms with E-state index in [0.717, 1.165) is 30.4 Å². The van der Waals surface area contributed by atoms with Crippen LogP contribution in [0.5, 0.6) is 0 Å². The highest BCUT2D eigenvalue weighted by atomic mass is 35.5. The largest absolute Gasteiger partial charge is 0.313 e. The van der Waals surface area contributed by atoms with E-state index in [2.05, 4.69) is 15.3 Å². The van der Waals surface area contributed by atoms with Gasteiger partial charge >= 0.3 is 0 Å². The first kappa shape index (κ1) is 18.2. The molecule has 0 saturated carbocycles. The fraction of sp³-hybridized carbons (Fsp3) is 0.263. The summed E-state index contributed by atoms with van der Waals surface area (Å²) < 4.78 is 28.2. The highest BCUT2D eigenvalue weighted by Crippen LogP contribution is 2.39. The van der Waals surface area contributed by atoms with Gasteiger partial charge in [-0.2, -0.15) is 0 Å². The van der Waals surface area contributed by atoms with Crippen LogP contribution >= 0.6 is 11.6 Å². The van der Waals surface area contributed by atoms with Crippen molar-refractivity contribution in [3.8, 4) is 11.3 Å². The summed E-state index contributed by atoms with van der Waals surface area (Å²) in [4.78, 5) is 8.32. The summed E-state index contributed by atoms with van der Waals surface area (Å²) in [5.74, 6) is 0. The number of nitrogens with one attached hydrogen (secondary N) is 1. The van der Waals surface area contributed by atoms with Crippen molar-refractivity contribution < 1.29 is 8.42 Å². The van der Waals surface area contributed by atoms with Gasteiger partial charge in [0.1, 0.15) is 6.33 Å². The molecule has 0 amide bonds. The molecule has 0 radical (unpaired) electrons. The first-order valence-corrected chi connectivity index (χ1v) is 10.5. The Kier molecular flexibility index (Phi) is 4.75. The van der Waals surface area contributed by atoms with E-state index >= 15 is 0 Å². The average Bonchev–Trinajstić information content (AvgIpc) is 3.09. The molecule has 1 N–H and O–H groups in total. The maximum atomic E-state index is 13.4. The van der Waals surface area contributed by atoms with Crippen LogP contribution in [0.4, 0.5) is 0 Å². The van der Waals surface area contributed by atoms with Crippen molar-refractivity contribution in [3.63, 3.8) is 0 Å². The number of aromatic nitrogens is 3. The van der Waals surface area contributed by atoms with Crippen molar-refractivity contribution >= 4 is 21.6 Å². The third-order valence-electron chi connectivity index (χ3n) is 4.94. The van der Waals surface area contributed by atoms with Crippen LogP contribution in [0.2, 0.25) is 5.02 Å². The molecule has 4 rings (SSSR count). The molecule has 3 aromatic rings. The van der Waals surface area contributed by atoms with E-state index in [1.165, 1.54) is 16.4 Å². The van der Waals surface area contributed by atoms with E-state index < -0.39 is 10.0 Å². The number of fused-ring (bicyclic) bond motifs is 1. The fourth-order valence-corrected chi connectivity index (χ4v) is 5.41. The number of rotatable bonds is 4. The Morgan fingerprint density at radius 3 is 2.74 bits per heavy atom. The number of nitrogens with zero attached hydrogens (tertiary/aromatic N) is 3. The molecule has 0 saturated heterocycles. The van der Waals surface area contributed by atoms with Gasteiger partial charge in [0.2, 0.25) is 0 Å². The smallest absolute Gasteiger partial charge is 0.268 e. The van der Waals surface area contributed by atoms with Gasteiger partial charge in [0.05, 0.1) is 10.6 Å². The molecule has 2 heterocycles. The van der Waals surface area contributed by atoms with Crippen molar-refractivity contribution in [2.24, 2.45) is 0 Å². The SMILES string of the molecule is CNC1CCCc2c1cn(S(=O)(=O)c1cccc(Cl)c1)c2-c1cncnc1. The molecule has 2 aromatic heterocycles. The lowest BCUT2D eigenvalue weighted by molar-refractivity contribution is 0.499. The minimum Gasteiger partial charge on any atom is -0.313 e. The van der Waals surface area contributed by atoms with Gasteiger partial charge in [-0.05, 0) is 55.6 Å². The van der Waals surface area contributed by atoms with Crippen LogP contribution < -0.4 is 5.32 Å². The van der Waals surface area contributed by atoms with Gasteiger partial charge in [0.25, 0.3) is 10.0 Å². The molecule has 0 spiro atoms. The number of benzene rings is 1. The van der Waals surface area contributed by atoms with Gasteiger partial charge in [0.15, 0.2) is 0 Å². The van der Waals surface area contributed by atoms with E-state index in [9.17, 15) is 8.42 Å². The van der Waals surface area contributed by atoms with Crippen molar-refractivity contribution in [3.05, 3.63) is 65.3 Å². The quantitative estimate of drug-likeness (QED) is 0.723. The Balaban J connectivity index is 1.99. The number of hydrogen-bond acceptors (Lipinski definition) is 5. The highest BCUT2D eigenvalue weighted by Gasteiger charge is 2.31. The number of halogens is 1. The first-order chi connectivity index (χ1) is 13.0. The van der Waals surface area contributed by atoms with E-state index in [1.807, 2.05) is 7.05 Å². The van der Waals surface area contributed by atoms with Crippen molar-refractivity contribution in [1.82, 2.24) is 19.3 Å². The molecular weight excluding hydrogens is 384 g/mol. The molecule has 1 aromatic carbocycles. The molecule has 1 atom stereocenters. The Bertz CT molecular complexity index is 1080. The predicted molar refractivity (Wildman–Crippen MR) is 104 cm³/mol.